The number of carbonyl (C=O) groups is 1. The van der Waals surface area contributed by atoms with Gasteiger partial charge in [0.1, 0.15) is 0 Å². The normalized spacial score (nSPS) is 29.1. The molecular weight excluding hydrogens is 188 g/mol. The van der Waals surface area contributed by atoms with Crippen molar-refractivity contribution in [2.24, 2.45) is 11.8 Å². The number of amides is 1. The van der Waals surface area contributed by atoms with Crippen LogP contribution in [0.1, 0.15) is 32.6 Å². The predicted octanol–water partition coefficient (Wildman–Crippen LogP) is 1.24. The van der Waals surface area contributed by atoms with Gasteiger partial charge in [0.2, 0.25) is 5.91 Å². The summed E-state index contributed by atoms with van der Waals surface area (Å²) in [7, 11) is 0. The van der Waals surface area contributed by atoms with Crippen LogP contribution in [0.25, 0.3) is 0 Å². The van der Waals surface area contributed by atoms with Crippen molar-refractivity contribution in [3.63, 3.8) is 0 Å². The molecule has 0 aromatic rings. The Morgan fingerprint density at radius 3 is 2.67 bits per heavy atom. The van der Waals surface area contributed by atoms with Crippen molar-refractivity contribution < 1.29 is 4.79 Å². The fraction of sp³-hybridized carbons (Fsp3) is 0.917. The van der Waals surface area contributed by atoms with Gasteiger partial charge in [0.15, 0.2) is 0 Å². The monoisotopic (exact) mass is 210 g/mol. The topological polar surface area (TPSA) is 32.3 Å². The zero-order chi connectivity index (χ0) is 10.7. The molecule has 2 rings (SSSR count). The van der Waals surface area contributed by atoms with Crippen molar-refractivity contribution in [1.29, 1.82) is 0 Å². The minimum Gasteiger partial charge on any atom is -0.342 e. The van der Waals surface area contributed by atoms with Crippen molar-refractivity contribution in [3.05, 3.63) is 0 Å². The van der Waals surface area contributed by atoms with E-state index in [1.54, 1.807) is 0 Å². The Labute approximate surface area is 92.2 Å². The zero-order valence-electron chi connectivity index (χ0n) is 9.67. The lowest BCUT2D eigenvalue weighted by molar-refractivity contribution is -0.138. The summed E-state index contributed by atoms with van der Waals surface area (Å²) in [6, 6.07) is 0. The van der Waals surface area contributed by atoms with Crippen LogP contribution in [0.5, 0.6) is 0 Å². The number of hydrogen-bond acceptors (Lipinski definition) is 2. The highest BCUT2D eigenvalue weighted by Crippen LogP contribution is 2.21. The van der Waals surface area contributed by atoms with Crippen LogP contribution in [-0.4, -0.2) is 37.0 Å². The van der Waals surface area contributed by atoms with E-state index >= 15 is 0 Å². The summed E-state index contributed by atoms with van der Waals surface area (Å²) in [4.78, 5) is 14.3. The molecule has 0 radical (unpaired) electrons. The van der Waals surface area contributed by atoms with Crippen molar-refractivity contribution in [2.45, 2.75) is 32.6 Å². The molecule has 2 aliphatic rings. The molecule has 2 fully saturated rings. The van der Waals surface area contributed by atoms with Crippen LogP contribution < -0.4 is 5.32 Å². The maximum absolute atomic E-state index is 12.2. The van der Waals surface area contributed by atoms with Gasteiger partial charge in [0.25, 0.3) is 0 Å². The number of rotatable bonds is 1. The molecule has 1 amide bonds. The molecule has 1 N–H and O–H groups in total. The molecule has 3 nitrogen and oxygen atoms in total. The molecule has 0 spiro atoms. The number of hydrogen-bond donors (Lipinski definition) is 1. The molecule has 0 unspecified atom stereocenters. The first-order valence-electron chi connectivity index (χ1n) is 6.27. The molecule has 3 heteroatoms. The van der Waals surface area contributed by atoms with E-state index < -0.39 is 0 Å². The van der Waals surface area contributed by atoms with Crippen LogP contribution in [0.3, 0.4) is 0 Å². The van der Waals surface area contributed by atoms with Crippen LogP contribution in [0.4, 0.5) is 0 Å². The van der Waals surface area contributed by atoms with E-state index in [9.17, 15) is 4.79 Å². The minimum absolute atomic E-state index is 0.302. The van der Waals surface area contributed by atoms with Gasteiger partial charge in [-0.15, -0.1) is 0 Å². The van der Waals surface area contributed by atoms with Gasteiger partial charge in [-0.05, 0) is 44.7 Å². The average Bonchev–Trinajstić information content (AvgIpc) is 2.29. The molecule has 0 bridgehead atoms. The molecular formula is C12H22N2O. The van der Waals surface area contributed by atoms with Gasteiger partial charge < -0.3 is 10.2 Å². The highest BCUT2D eigenvalue weighted by molar-refractivity contribution is 5.79. The first-order valence-corrected chi connectivity index (χ1v) is 6.27. The predicted molar refractivity (Wildman–Crippen MR) is 60.6 cm³/mol. The Morgan fingerprint density at radius 2 is 2.00 bits per heavy atom. The fourth-order valence-electron chi connectivity index (χ4n) is 2.72. The Kier molecular flexibility index (Phi) is 3.62. The highest BCUT2D eigenvalue weighted by atomic mass is 16.2. The average molecular weight is 210 g/mol. The molecule has 15 heavy (non-hydrogen) atoms. The second-order valence-corrected chi connectivity index (χ2v) is 5.06. The van der Waals surface area contributed by atoms with Crippen LogP contribution in [-0.2, 0) is 4.79 Å². The number of carbonyl (C=O) groups excluding carboxylic acids is 1. The van der Waals surface area contributed by atoms with Gasteiger partial charge in [-0.25, -0.2) is 0 Å². The molecule has 86 valence electrons. The van der Waals surface area contributed by atoms with E-state index in [4.69, 9.17) is 0 Å². The van der Waals surface area contributed by atoms with E-state index in [1.807, 2.05) is 0 Å². The fourth-order valence-corrected chi connectivity index (χ4v) is 2.72. The Balaban J connectivity index is 1.88. The number of likely N-dealkylation sites (tertiary alicyclic amines) is 1. The third kappa shape index (κ3) is 2.71. The number of nitrogens with zero attached hydrogens (tertiary/aromatic N) is 1. The first kappa shape index (κ1) is 10.9. The molecule has 0 aliphatic carbocycles. The van der Waals surface area contributed by atoms with Gasteiger partial charge in [-0.1, -0.05) is 6.92 Å². The van der Waals surface area contributed by atoms with Crippen LogP contribution >= 0.6 is 0 Å². The van der Waals surface area contributed by atoms with E-state index in [-0.39, 0.29) is 0 Å². The first-order chi connectivity index (χ1) is 7.27. The second-order valence-electron chi connectivity index (χ2n) is 5.06. The van der Waals surface area contributed by atoms with Gasteiger partial charge >= 0.3 is 0 Å². The summed E-state index contributed by atoms with van der Waals surface area (Å²) in [5.74, 6) is 1.42. The summed E-state index contributed by atoms with van der Waals surface area (Å²) in [5, 5.41) is 3.31. The highest BCUT2D eigenvalue weighted by Gasteiger charge is 2.28. The number of piperidine rings is 2. The Bertz CT molecular complexity index is 224. The van der Waals surface area contributed by atoms with Crippen molar-refractivity contribution >= 4 is 5.91 Å². The van der Waals surface area contributed by atoms with Crippen molar-refractivity contribution in [3.8, 4) is 0 Å². The van der Waals surface area contributed by atoms with E-state index in [0.717, 1.165) is 39.0 Å². The standard InChI is InChI=1S/C12H22N2O/c1-10-3-2-8-14(9-10)12(15)11-4-6-13-7-5-11/h10-11,13H,2-9H2,1H3/t10-/m1/s1. The third-order valence-corrected chi connectivity index (χ3v) is 3.66. The molecule has 2 aliphatic heterocycles. The Morgan fingerprint density at radius 1 is 1.27 bits per heavy atom. The van der Waals surface area contributed by atoms with E-state index in [0.29, 0.717) is 17.7 Å². The van der Waals surface area contributed by atoms with Crippen molar-refractivity contribution in [2.75, 3.05) is 26.2 Å². The van der Waals surface area contributed by atoms with Gasteiger partial charge in [-0.2, -0.15) is 0 Å². The molecule has 0 aromatic heterocycles. The number of nitrogens with one attached hydrogen (secondary N) is 1. The molecule has 2 saturated heterocycles. The van der Waals surface area contributed by atoms with Gasteiger partial charge in [0.05, 0.1) is 0 Å². The summed E-state index contributed by atoms with van der Waals surface area (Å²) < 4.78 is 0. The minimum atomic E-state index is 0.302. The summed E-state index contributed by atoms with van der Waals surface area (Å²) in [5.41, 5.74) is 0. The van der Waals surface area contributed by atoms with E-state index in [1.165, 1.54) is 12.8 Å². The van der Waals surface area contributed by atoms with Gasteiger partial charge in [-0.3, -0.25) is 4.79 Å². The van der Waals surface area contributed by atoms with Crippen LogP contribution in [0, 0.1) is 11.8 Å². The third-order valence-electron chi connectivity index (χ3n) is 3.66. The lowest BCUT2D eigenvalue weighted by Gasteiger charge is -2.34. The van der Waals surface area contributed by atoms with Gasteiger partial charge in [0, 0.05) is 19.0 Å². The maximum atomic E-state index is 12.2. The summed E-state index contributed by atoms with van der Waals surface area (Å²) in [6.07, 6.45) is 4.54. The van der Waals surface area contributed by atoms with Crippen molar-refractivity contribution in [1.82, 2.24) is 10.2 Å². The largest absolute Gasteiger partial charge is 0.342 e. The summed E-state index contributed by atoms with van der Waals surface area (Å²) in [6.45, 7) is 6.26. The lowest BCUT2D eigenvalue weighted by Crippen LogP contribution is -2.45. The maximum Gasteiger partial charge on any atom is 0.225 e. The SMILES string of the molecule is C[C@@H]1CCCN(C(=O)C2CCNCC2)C1. The lowest BCUT2D eigenvalue weighted by atomic mass is 9.93. The molecule has 1 atom stereocenters. The second kappa shape index (κ2) is 4.97. The molecule has 0 aromatic carbocycles. The zero-order valence-corrected chi connectivity index (χ0v) is 9.67. The summed E-state index contributed by atoms with van der Waals surface area (Å²) >= 11 is 0. The van der Waals surface area contributed by atoms with E-state index in [2.05, 4.69) is 17.1 Å². The quantitative estimate of drug-likeness (QED) is 0.706. The smallest absolute Gasteiger partial charge is 0.225 e. The Hall–Kier alpha value is -0.570. The van der Waals surface area contributed by atoms with Crippen LogP contribution in [0.2, 0.25) is 0 Å². The van der Waals surface area contributed by atoms with Crippen LogP contribution in [0.15, 0.2) is 0 Å². The molecule has 0 saturated carbocycles. The molecule has 2 heterocycles.